The number of rotatable bonds is 4. The first kappa shape index (κ1) is 12.6. The van der Waals surface area contributed by atoms with Crippen LogP contribution in [-0.4, -0.2) is 16.7 Å². The van der Waals surface area contributed by atoms with Crippen molar-refractivity contribution >= 4 is 0 Å². The zero-order valence-corrected chi connectivity index (χ0v) is 10.9. The van der Waals surface area contributed by atoms with E-state index in [1.165, 1.54) is 19.3 Å². The van der Waals surface area contributed by atoms with Gasteiger partial charge in [0.1, 0.15) is 0 Å². The molecule has 4 nitrogen and oxygen atoms in total. The second-order valence-electron chi connectivity index (χ2n) is 5.12. The van der Waals surface area contributed by atoms with Crippen LogP contribution in [0.3, 0.4) is 0 Å². The SMILES string of the molecule is CCC(C)Cc1nc(C2CCCCCN2)no1. The van der Waals surface area contributed by atoms with Crippen LogP contribution in [0.15, 0.2) is 4.52 Å². The lowest BCUT2D eigenvalue weighted by atomic mass is 10.1. The number of nitrogens with zero attached hydrogens (tertiary/aromatic N) is 2. The zero-order valence-electron chi connectivity index (χ0n) is 10.9. The Morgan fingerprint density at radius 3 is 3.12 bits per heavy atom. The molecule has 0 radical (unpaired) electrons. The predicted octanol–water partition coefficient (Wildman–Crippen LogP) is 2.86. The van der Waals surface area contributed by atoms with Crippen molar-refractivity contribution in [2.45, 2.75) is 58.4 Å². The lowest BCUT2D eigenvalue weighted by Crippen LogP contribution is -2.21. The third-order valence-corrected chi connectivity index (χ3v) is 3.58. The number of hydrogen-bond donors (Lipinski definition) is 1. The fraction of sp³-hybridized carbons (Fsp3) is 0.846. The highest BCUT2D eigenvalue weighted by molar-refractivity contribution is 4.95. The van der Waals surface area contributed by atoms with Gasteiger partial charge in [-0.2, -0.15) is 4.98 Å². The van der Waals surface area contributed by atoms with Gasteiger partial charge in [-0.1, -0.05) is 38.3 Å². The van der Waals surface area contributed by atoms with Gasteiger partial charge in [0.05, 0.1) is 6.04 Å². The van der Waals surface area contributed by atoms with Gasteiger partial charge in [0.15, 0.2) is 5.82 Å². The average Bonchev–Trinajstić information content (AvgIpc) is 2.63. The molecule has 2 unspecified atom stereocenters. The quantitative estimate of drug-likeness (QED) is 0.874. The number of nitrogens with one attached hydrogen (secondary N) is 1. The molecule has 0 aliphatic carbocycles. The lowest BCUT2D eigenvalue weighted by Gasteiger charge is -2.10. The third-order valence-electron chi connectivity index (χ3n) is 3.58. The van der Waals surface area contributed by atoms with Gasteiger partial charge in [-0.15, -0.1) is 0 Å². The van der Waals surface area contributed by atoms with Gasteiger partial charge < -0.3 is 9.84 Å². The molecule has 17 heavy (non-hydrogen) atoms. The standard InChI is InChI=1S/C13H23N3O/c1-3-10(2)9-12-15-13(16-17-12)11-7-5-4-6-8-14-11/h10-11,14H,3-9H2,1-2H3. The van der Waals surface area contributed by atoms with Crippen LogP contribution >= 0.6 is 0 Å². The molecule has 1 fully saturated rings. The highest BCUT2D eigenvalue weighted by atomic mass is 16.5. The minimum atomic E-state index is 0.298. The molecule has 4 heteroatoms. The maximum absolute atomic E-state index is 5.33. The van der Waals surface area contributed by atoms with Crippen molar-refractivity contribution in [1.82, 2.24) is 15.5 Å². The lowest BCUT2D eigenvalue weighted by molar-refractivity contribution is 0.346. The summed E-state index contributed by atoms with van der Waals surface area (Å²) in [7, 11) is 0. The molecule has 1 aliphatic heterocycles. The molecule has 1 aromatic rings. The van der Waals surface area contributed by atoms with Crippen molar-refractivity contribution in [2.24, 2.45) is 5.92 Å². The normalized spacial score (nSPS) is 23.3. The molecule has 2 heterocycles. The Labute approximate surface area is 103 Å². The molecule has 1 aliphatic rings. The smallest absolute Gasteiger partial charge is 0.226 e. The molecular formula is C13H23N3O. The van der Waals surface area contributed by atoms with E-state index in [-0.39, 0.29) is 0 Å². The highest BCUT2D eigenvalue weighted by Gasteiger charge is 2.19. The molecule has 0 amide bonds. The summed E-state index contributed by atoms with van der Waals surface area (Å²) in [4.78, 5) is 4.52. The largest absolute Gasteiger partial charge is 0.339 e. The Hall–Kier alpha value is -0.900. The number of aromatic nitrogens is 2. The molecule has 2 atom stereocenters. The summed E-state index contributed by atoms with van der Waals surface area (Å²) in [5, 5.41) is 7.61. The highest BCUT2D eigenvalue weighted by Crippen LogP contribution is 2.21. The summed E-state index contributed by atoms with van der Waals surface area (Å²) in [5.41, 5.74) is 0. The minimum Gasteiger partial charge on any atom is -0.339 e. The molecular weight excluding hydrogens is 214 g/mol. The van der Waals surface area contributed by atoms with E-state index >= 15 is 0 Å². The molecule has 0 bridgehead atoms. The molecule has 1 N–H and O–H groups in total. The van der Waals surface area contributed by atoms with Crippen LogP contribution in [0, 0.1) is 5.92 Å². The topological polar surface area (TPSA) is 51.0 Å². The summed E-state index contributed by atoms with van der Waals surface area (Å²) in [6.45, 7) is 5.47. The van der Waals surface area contributed by atoms with Crippen LogP contribution in [0.1, 0.15) is 63.7 Å². The third kappa shape index (κ3) is 3.53. The first-order valence-corrected chi connectivity index (χ1v) is 6.85. The van der Waals surface area contributed by atoms with E-state index in [0.717, 1.165) is 37.5 Å². The second kappa shape index (κ2) is 6.15. The molecule has 0 saturated carbocycles. The zero-order chi connectivity index (χ0) is 12.1. The van der Waals surface area contributed by atoms with E-state index < -0.39 is 0 Å². The van der Waals surface area contributed by atoms with Crippen LogP contribution in [-0.2, 0) is 6.42 Å². The Morgan fingerprint density at radius 2 is 2.29 bits per heavy atom. The summed E-state index contributed by atoms with van der Waals surface area (Å²) in [6.07, 6.45) is 7.00. The van der Waals surface area contributed by atoms with Crippen LogP contribution in [0.5, 0.6) is 0 Å². The van der Waals surface area contributed by atoms with Crippen molar-refractivity contribution in [3.8, 4) is 0 Å². The molecule has 0 aromatic carbocycles. The first-order valence-electron chi connectivity index (χ1n) is 6.85. The summed E-state index contributed by atoms with van der Waals surface area (Å²) < 4.78 is 5.33. The van der Waals surface area contributed by atoms with Gasteiger partial charge >= 0.3 is 0 Å². The average molecular weight is 237 g/mol. The number of hydrogen-bond acceptors (Lipinski definition) is 4. The summed E-state index contributed by atoms with van der Waals surface area (Å²) in [6, 6.07) is 0.298. The van der Waals surface area contributed by atoms with Gasteiger partial charge in [0.2, 0.25) is 5.89 Å². The monoisotopic (exact) mass is 237 g/mol. The van der Waals surface area contributed by atoms with E-state index in [0.29, 0.717) is 12.0 Å². The van der Waals surface area contributed by atoms with Crippen LogP contribution in [0.4, 0.5) is 0 Å². The van der Waals surface area contributed by atoms with E-state index in [4.69, 9.17) is 4.52 Å². The van der Waals surface area contributed by atoms with Crippen LogP contribution in [0.2, 0.25) is 0 Å². The molecule has 1 saturated heterocycles. The van der Waals surface area contributed by atoms with Crippen molar-refractivity contribution in [3.05, 3.63) is 11.7 Å². The van der Waals surface area contributed by atoms with E-state index in [1.807, 2.05) is 0 Å². The minimum absolute atomic E-state index is 0.298. The Balaban J connectivity index is 1.96. The Bertz CT molecular complexity index is 329. The van der Waals surface area contributed by atoms with Gasteiger partial charge in [0, 0.05) is 6.42 Å². The van der Waals surface area contributed by atoms with Crippen molar-refractivity contribution in [2.75, 3.05) is 6.54 Å². The molecule has 96 valence electrons. The maximum Gasteiger partial charge on any atom is 0.226 e. The van der Waals surface area contributed by atoms with Crippen molar-refractivity contribution < 1.29 is 4.52 Å². The summed E-state index contributed by atoms with van der Waals surface area (Å²) >= 11 is 0. The van der Waals surface area contributed by atoms with Gasteiger partial charge in [-0.25, -0.2) is 0 Å². The van der Waals surface area contributed by atoms with Crippen LogP contribution in [0.25, 0.3) is 0 Å². The fourth-order valence-electron chi connectivity index (χ4n) is 2.18. The molecule has 1 aromatic heterocycles. The van der Waals surface area contributed by atoms with Gasteiger partial charge in [-0.05, 0) is 25.3 Å². The fourth-order valence-corrected chi connectivity index (χ4v) is 2.18. The van der Waals surface area contributed by atoms with Gasteiger partial charge in [0.25, 0.3) is 0 Å². The van der Waals surface area contributed by atoms with E-state index in [2.05, 4.69) is 29.3 Å². The Kier molecular flexibility index (Phi) is 4.54. The van der Waals surface area contributed by atoms with Crippen molar-refractivity contribution in [1.29, 1.82) is 0 Å². The van der Waals surface area contributed by atoms with E-state index in [1.54, 1.807) is 0 Å². The summed E-state index contributed by atoms with van der Waals surface area (Å²) in [5.74, 6) is 2.26. The predicted molar refractivity (Wildman–Crippen MR) is 66.7 cm³/mol. The maximum atomic E-state index is 5.33. The first-order chi connectivity index (χ1) is 8.29. The Morgan fingerprint density at radius 1 is 1.41 bits per heavy atom. The van der Waals surface area contributed by atoms with E-state index in [9.17, 15) is 0 Å². The van der Waals surface area contributed by atoms with Gasteiger partial charge in [-0.3, -0.25) is 0 Å². The molecule has 2 rings (SSSR count). The van der Waals surface area contributed by atoms with Crippen LogP contribution < -0.4 is 5.32 Å². The van der Waals surface area contributed by atoms with Crippen molar-refractivity contribution in [3.63, 3.8) is 0 Å². The molecule has 0 spiro atoms. The second-order valence-corrected chi connectivity index (χ2v) is 5.12.